The molecule has 0 aromatic rings. The topological polar surface area (TPSA) is 12.0 Å². The van der Waals surface area contributed by atoms with Crippen LogP contribution in [-0.2, 0) is 0 Å². The number of hydrogen-bond donors (Lipinski definition) is 1. The van der Waals surface area contributed by atoms with Gasteiger partial charge in [0.25, 0.3) is 0 Å². The first-order valence-corrected chi connectivity index (χ1v) is 4.91. The van der Waals surface area contributed by atoms with Crippen molar-refractivity contribution in [1.29, 1.82) is 0 Å². The first kappa shape index (κ1) is 11.5. The molecule has 0 spiro atoms. The van der Waals surface area contributed by atoms with Gasteiger partial charge in [-0.3, -0.25) is 0 Å². The van der Waals surface area contributed by atoms with E-state index < -0.39 is 0 Å². The highest BCUT2D eigenvalue weighted by Gasteiger charge is 2.12. The van der Waals surface area contributed by atoms with Crippen LogP contribution in [0.2, 0.25) is 0 Å². The van der Waals surface area contributed by atoms with Gasteiger partial charge in [-0.25, -0.2) is 0 Å². The fraction of sp³-hybridized carbons (Fsp3) is 0.818. The molecule has 0 aromatic carbocycles. The molecular formula is C11H23N. The van der Waals surface area contributed by atoms with E-state index in [1.165, 1.54) is 5.70 Å². The zero-order chi connectivity index (χ0) is 9.72. The van der Waals surface area contributed by atoms with E-state index in [0.29, 0.717) is 17.9 Å². The van der Waals surface area contributed by atoms with E-state index in [1.807, 2.05) is 0 Å². The van der Waals surface area contributed by atoms with Crippen LogP contribution in [0.15, 0.2) is 11.8 Å². The molecule has 72 valence electrons. The van der Waals surface area contributed by atoms with Crippen molar-refractivity contribution < 1.29 is 0 Å². The molecule has 0 rings (SSSR count). The van der Waals surface area contributed by atoms with E-state index in [1.54, 1.807) is 0 Å². The van der Waals surface area contributed by atoms with Gasteiger partial charge >= 0.3 is 0 Å². The summed E-state index contributed by atoms with van der Waals surface area (Å²) in [5, 5.41) is 3.47. The van der Waals surface area contributed by atoms with Crippen LogP contribution < -0.4 is 5.32 Å². The van der Waals surface area contributed by atoms with Crippen molar-refractivity contribution in [3.63, 3.8) is 0 Å². The molecular weight excluding hydrogens is 146 g/mol. The minimum Gasteiger partial charge on any atom is -0.386 e. The maximum atomic E-state index is 3.47. The zero-order valence-corrected chi connectivity index (χ0v) is 9.31. The highest BCUT2D eigenvalue weighted by Crippen LogP contribution is 2.17. The number of nitrogens with one attached hydrogen (secondary N) is 1. The molecule has 0 saturated heterocycles. The van der Waals surface area contributed by atoms with E-state index in [-0.39, 0.29) is 0 Å². The van der Waals surface area contributed by atoms with Crippen LogP contribution in [-0.4, -0.2) is 6.04 Å². The van der Waals surface area contributed by atoms with Crippen LogP contribution in [0.25, 0.3) is 0 Å². The normalized spacial score (nSPS) is 15.5. The van der Waals surface area contributed by atoms with Crippen molar-refractivity contribution in [3.8, 4) is 0 Å². The van der Waals surface area contributed by atoms with Gasteiger partial charge < -0.3 is 5.32 Å². The molecule has 0 radical (unpaired) electrons. The monoisotopic (exact) mass is 169 g/mol. The Labute approximate surface area is 77.2 Å². The summed E-state index contributed by atoms with van der Waals surface area (Å²) in [4.78, 5) is 0. The molecule has 0 bridgehead atoms. The number of rotatable bonds is 4. The molecule has 0 heterocycles. The van der Waals surface area contributed by atoms with Crippen LogP contribution in [0, 0.1) is 11.8 Å². The lowest BCUT2D eigenvalue weighted by atomic mass is 9.94. The molecule has 0 saturated carbocycles. The second-order valence-corrected chi connectivity index (χ2v) is 4.08. The molecule has 1 atom stereocenters. The maximum absolute atomic E-state index is 3.47. The minimum absolute atomic E-state index is 0.539. The Balaban J connectivity index is 4.17. The van der Waals surface area contributed by atoms with Gasteiger partial charge in [0.15, 0.2) is 0 Å². The van der Waals surface area contributed by atoms with Crippen molar-refractivity contribution in [2.24, 2.45) is 11.8 Å². The van der Waals surface area contributed by atoms with Crippen molar-refractivity contribution in [1.82, 2.24) is 5.32 Å². The summed E-state index contributed by atoms with van der Waals surface area (Å²) < 4.78 is 0. The van der Waals surface area contributed by atoms with E-state index in [0.717, 1.165) is 0 Å². The van der Waals surface area contributed by atoms with Gasteiger partial charge in [-0.2, -0.15) is 0 Å². The second-order valence-electron chi connectivity index (χ2n) is 4.08. The van der Waals surface area contributed by atoms with Gasteiger partial charge in [0.05, 0.1) is 0 Å². The van der Waals surface area contributed by atoms with Gasteiger partial charge in [-0.05, 0) is 32.6 Å². The maximum Gasteiger partial charge on any atom is 0.0201 e. The molecule has 0 fully saturated rings. The predicted octanol–water partition coefficient (Wildman–Crippen LogP) is 3.18. The second kappa shape index (κ2) is 5.23. The number of hydrogen-bond acceptors (Lipinski definition) is 1. The average molecular weight is 169 g/mol. The summed E-state index contributed by atoms with van der Waals surface area (Å²) in [5.41, 5.74) is 1.38. The largest absolute Gasteiger partial charge is 0.386 e. The smallest absolute Gasteiger partial charge is 0.0201 e. The predicted molar refractivity (Wildman–Crippen MR) is 56.0 cm³/mol. The standard InChI is InChI=1S/C11H23N/c1-7-11(12-9(4)5)10(6)8(2)3/h7-10,12H,1-6H3/b11-7+/t10-/m1/s1. The molecule has 0 aliphatic carbocycles. The third kappa shape index (κ3) is 3.80. The van der Waals surface area contributed by atoms with Crippen LogP contribution in [0.3, 0.4) is 0 Å². The summed E-state index contributed by atoms with van der Waals surface area (Å²) in [6, 6.07) is 0.539. The fourth-order valence-electron chi connectivity index (χ4n) is 1.17. The lowest BCUT2D eigenvalue weighted by Crippen LogP contribution is -2.27. The summed E-state index contributed by atoms with van der Waals surface area (Å²) in [5.74, 6) is 1.35. The van der Waals surface area contributed by atoms with Crippen molar-refractivity contribution in [2.75, 3.05) is 0 Å². The highest BCUT2D eigenvalue weighted by atomic mass is 14.9. The average Bonchev–Trinajstić information content (AvgIpc) is 1.98. The Kier molecular flexibility index (Phi) is 5.03. The summed E-state index contributed by atoms with van der Waals surface area (Å²) in [6.45, 7) is 13.2. The van der Waals surface area contributed by atoms with Gasteiger partial charge in [0.2, 0.25) is 0 Å². The Morgan fingerprint density at radius 1 is 1.08 bits per heavy atom. The SMILES string of the molecule is C/C=C(/NC(C)C)[C@H](C)C(C)C. The van der Waals surface area contributed by atoms with E-state index >= 15 is 0 Å². The van der Waals surface area contributed by atoms with Gasteiger partial charge in [0, 0.05) is 11.7 Å². The molecule has 12 heavy (non-hydrogen) atoms. The van der Waals surface area contributed by atoms with Crippen molar-refractivity contribution in [3.05, 3.63) is 11.8 Å². The Morgan fingerprint density at radius 2 is 1.58 bits per heavy atom. The lowest BCUT2D eigenvalue weighted by molar-refractivity contribution is 0.439. The summed E-state index contributed by atoms with van der Waals surface area (Å²) in [7, 11) is 0. The molecule has 0 aliphatic rings. The quantitative estimate of drug-likeness (QED) is 0.681. The van der Waals surface area contributed by atoms with Gasteiger partial charge in [-0.1, -0.05) is 26.8 Å². The molecule has 0 aromatic heterocycles. The minimum atomic E-state index is 0.539. The zero-order valence-electron chi connectivity index (χ0n) is 9.31. The lowest BCUT2D eigenvalue weighted by Gasteiger charge is -2.23. The first-order valence-electron chi connectivity index (χ1n) is 4.91. The van der Waals surface area contributed by atoms with Crippen LogP contribution >= 0.6 is 0 Å². The van der Waals surface area contributed by atoms with Gasteiger partial charge in [0.1, 0.15) is 0 Å². The van der Waals surface area contributed by atoms with Crippen molar-refractivity contribution >= 4 is 0 Å². The molecule has 0 unspecified atom stereocenters. The van der Waals surface area contributed by atoms with Crippen molar-refractivity contribution in [2.45, 2.75) is 47.6 Å². The van der Waals surface area contributed by atoms with Crippen LogP contribution in [0.5, 0.6) is 0 Å². The summed E-state index contributed by atoms with van der Waals surface area (Å²) in [6.07, 6.45) is 2.19. The van der Waals surface area contributed by atoms with E-state index in [2.05, 4.69) is 52.9 Å². The molecule has 0 amide bonds. The fourth-order valence-corrected chi connectivity index (χ4v) is 1.17. The number of allylic oxidation sites excluding steroid dienone is 2. The van der Waals surface area contributed by atoms with E-state index in [9.17, 15) is 0 Å². The Hall–Kier alpha value is -0.460. The third-order valence-electron chi connectivity index (χ3n) is 2.26. The molecule has 1 nitrogen and oxygen atoms in total. The van der Waals surface area contributed by atoms with Crippen LogP contribution in [0.4, 0.5) is 0 Å². The van der Waals surface area contributed by atoms with E-state index in [4.69, 9.17) is 0 Å². The molecule has 0 aliphatic heterocycles. The third-order valence-corrected chi connectivity index (χ3v) is 2.26. The molecule has 1 N–H and O–H groups in total. The Morgan fingerprint density at radius 3 is 1.83 bits per heavy atom. The first-order chi connectivity index (χ1) is 5.49. The summed E-state index contributed by atoms with van der Waals surface area (Å²) >= 11 is 0. The van der Waals surface area contributed by atoms with Gasteiger partial charge in [-0.15, -0.1) is 0 Å². The molecule has 1 heteroatoms. The Bertz CT molecular complexity index is 145. The highest BCUT2D eigenvalue weighted by molar-refractivity contribution is 5.03. The van der Waals surface area contributed by atoms with Crippen LogP contribution in [0.1, 0.15) is 41.5 Å².